The lowest BCUT2D eigenvalue weighted by Gasteiger charge is -2.13. The number of carbonyl (C=O) groups is 1. The van der Waals surface area contributed by atoms with Crippen molar-refractivity contribution in [3.63, 3.8) is 0 Å². The molecule has 0 saturated heterocycles. The van der Waals surface area contributed by atoms with E-state index < -0.39 is 12.0 Å². The van der Waals surface area contributed by atoms with Crippen LogP contribution in [0.3, 0.4) is 0 Å². The molecule has 0 fully saturated rings. The molecule has 9 heteroatoms. The number of rotatable bonds is 6. The number of anilines is 3. The van der Waals surface area contributed by atoms with Crippen LogP contribution in [0.2, 0.25) is 5.02 Å². The van der Waals surface area contributed by atoms with Gasteiger partial charge >= 0.3 is 5.97 Å². The molecule has 0 saturated carbocycles. The maximum absolute atomic E-state index is 11.1. The Bertz CT molecular complexity index is 956. The zero-order valence-electron chi connectivity index (χ0n) is 14.6. The lowest BCUT2D eigenvalue weighted by molar-refractivity contribution is -0.137. The van der Waals surface area contributed by atoms with Gasteiger partial charge in [0.2, 0.25) is 5.95 Å². The minimum Gasteiger partial charge on any atom is -0.480 e. The van der Waals surface area contributed by atoms with Gasteiger partial charge in [0.25, 0.3) is 0 Å². The van der Waals surface area contributed by atoms with Gasteiger partial charge in [-0.25, -0.2) is 4.98 Å². The summed E-state index contributed by atoms with van der Waals surface area (Å²) in [6.45, 7) is 5.56. The Kier molecular flexibility index (Phi) is 4.94. The fraction of sp³-hybridized carbons (Fsp3) is 0.294. The number of aliphatic carboxylic acids is 1. The number of fused-ring (bicyclic) bond motifs is 1. The first-order valence-corrected chi connectivity index (χ1v) is 8.49. The zero-order valence-corrected chi connectivity index (χ0v) is 15.3. The molecule has 136 valence electrons. The summed E-state index contributed by atoms with van der Waals surface area (Å²) in [4.78, 5) is 24.4. The maximum atomic E-state index is 11.1. The molecule has 3 N–H and O–H groups in total. The Labute approximate surface area is 155 Å². The molecule has 3 aromatic rings. The fourth-order valence-corrected chi connectivity index (χ4v) is 2.59. The summed E-state index contributed by atoms with van der Waals surface area (Å²) in [7, 11) is 0. The smallest absolute Gasteiger partial charge is 0.325 e. The number of carboxylic acids is 1. The van der Waals surface area contributed by atoms with Crippen molar-refractivity contribution in [1.29, 1.82) is 0 Å². The Morgan fingerprint density at radius 1 is 1.27 bits per heavy atom. The predicted molar refractivity (Wildman–Crippen MR) is 101 cm³/mol. The molecule has 1 unspecified atom stereocenters. The second-order valence-electron chi connectivity index (χ2n) is 6.15. The van der Waals surface area contributed by atoms with Gasteiger partial charge in [0, 0.05) is 16.8 Å². The number of hydrogen-bond acceptors (Lipinski definition) is 6. The predicted octanol–water partition coefficient (Wildman–Crippen LogP) is 3.69. The molecule has 0 radical (unpaired) electrons. The van der Waals surface area contributed by atoms with Crippen molar-refractivity contribution in [2.24, 2.45) is 0 Å². The summed E-state index contributed by atoms with van der Waals surface area (Å²) in [5, 5.41) is 15.7. The van der Waals surface area contributed by atoms with Crippen molar-refractivity contribution in [3.8, 4) is 0 Å². The summed E-state index contributed by atoms with van der Waals surface area (Å²) in [6, 6.07) is 6.52. The molecule has 0 aliphatic carbocycles. The molecule has 2 heterocycles. The van der Waals surface area contributed by atoms with Crippen LogP contribution >= 0.6 is 11.6 Å². The molecule has 8 nitrogen and oxygen atoms in total. The van der Waals surface area contributed by atoms with Crippen LogP contribution < -0.4 is 10.6 Å². The molecule has 3 rings (SSSR count). The van der Waals surface area contributed by atoms with Gasteiger partial charge in [-0.1, -0.05) is 17.7 Å². The van der Waals surface area contributed by atoms with Crippen molar-refractivity contribution in [3.05, 3.63) is 35.6 Å². The lowest BCUT2D eigenvalue weighted by Crippen LogP contribution is -2.26. The maximum Gasteiger partial charge on any atom is 0.325 e. The van der Waals surface area contributed by atoms with Crippen LogP contribution in [0, 0.1) is 0 Å². The highest BCUT2D eigenvalue weighted by atomic mass is 35.5. The van der Waals surface area contributed by atoms with E-state index >= 15 is 0 Å². The van der Waals surface area contributed by atoms with Gasteiger partial charge in [-0.2, -0.15) is 9.97 Å². The normalized spacial score (nSPS) is 12.3. The number of nitrogens with zero attached hydrogens (tertiary/aromatic N) is 4. The molecular weight excluding hydrogens is 356 g/mol. The first kappa shape index (κ1) is 17.9. The van der Waals surface area contributed by atoms with Gasteiger partial charge < -0.3 is 20.3 Å². The van der Waals surface area contributed by atoms with Crippen molar-refractivity contribution in [2.45, 2.75) is 32.9 Å². The van der Waals surface area contributed by atoms with Crippen LogP contribution in [0.15, 0.2) is 30.6 Å². The monoisotopic (exact) mass is 374 g/mol. The Hall–Kier alpha value is -2.87. The van der Waals surface area contributed by atoms with Crippen LogP contribution in [0.1, 0.15) is 26.8 Å². The molecule has 0 spiro atoms. The standard InChI is InChI=1S/C17H19ClN6O2/c1-9(2)24-8-19-13-14(21-12-6-4-5-11(18)7-12)22-17(23-15(13)24)20-10(3)16(25)26/h4-10H,1-3H3,(H,25,26)(H2,20,21,22,23). The first-order chi connectivity index (χ1) is 12.3. The number of hydrogen-bond donors (Lipinski definition) is 3. The molecule has 0 aliphatic heterocycles. The SMILES string of the molecule is CC(Nc1nc(Nc2cccc(Cl)c2)c2ncn(C(C)C)c2n1)C(=O)O. The highest BCUT2D eigenvalue weighted by Crippen LogP contribution is 2.27. The minimum atomic E-state index is -0.990. The van der Waals surface area contributed by atoms with Crippen molar-refractivity contribution in [1.82, 2.24) is 19.5 Å². The van der Waals surface area contributed by atoms with E-state index in [-0.39, 0.29) is 12.0 Å². The topological polar surface area (TPSA) is 105 Å². The fourth-order valence-electron chi connectivity index (χ4n) is 2.40. The third-order valence-electron chi connectivity index (χ3n) is 3.78. The Morgan fingerprint density at radius 3 is 2.69 bits per heavy atom. The van der Waals surface area contributed by atoms with Gasteiger partial charge in [-0.05, 0) is 39.0 Å². The number of nitrogens with one attached hydrogen (secondary N) is 2. The third-order valence-corrected chi connectivity index (χ3v) is 4.02. The Morgan fingerprint density at radius 2 is 2.04 bits per heavy atom. The first-order valence-electron chi connectivity index (χ1n) is 8.11. The van der Waals surface area contributed by atoms with Gasteiger partial charge in [0.1, 0.15) is 6.04 Å². The number of benzene rings is 1. The van der Waals surface area contributed by atoms with Crippen LogP contribution in [0.5, 0.6) is 0 Å². The number of aromatic nitrogens is 4. The van der Waals surface area contributed by atoms with E-state index in [1.807, 2.05) is 30.5 Å². The molecule has 2 aromatic heterocycles. The summed E-state index contributed by atoms with van der Waals surface area (Å²) in [6.07, 6.45) is 1.69. The molecule has 26 heavy (non-hydrogen) atoms. The molecule has 0 amide bonds. The molecular formula is C17H19ClN6O2. The van der Waals surface area contributed by atoms with Crippen molar-refractivity contribution < 1.29 is 9.90 Å². The van der Waals surface area contributed by atoms with E-state index in [4.69, 9.17) is 16.7 Å². The number of halogens is 1. The quantitative estimate of drug-likeness (QED) is 0.604. The van der Waals surface area contributed by atoms with Gasteiger partial charge in [-0.3, -0.25) is 4.79 Å². The summed E-state index contributed by atoms with van der Waals surface area (Å²) in [5.41, 5.74) is 1.95. The van der Waals surface area contributed by atoms with Gasteiger partial charge in [0.05, 0.1) is 6.33 Å². The average molecular weight is 375 g/mol. The highest BCUT2D eigenvalue weighted by molar-refractivity contribution is 6.30. The van der Waals surface area contributed by atoms with Crippen LogP contribution in [0.25, 0.3) is 11.2 Å². The minimum absolute atomic E-state index is 0.138. The zero-order chi connectivity index (χ0) is 18.8. The summed E-state index contributed by atoms with van der Waals surface area (Å²) in [5.74, 6) is -0.313. The van der Waals surface area contributed by atoms with E-state index in [1.54, 1.807) is 18.5 Å². The molecule has 1 atom stereocenters. The van der Waals surface area contributed by atoms with Crippen molar-refractivity contribution in [2.75, 3.05) is 10.6 Å². The van der Waals surface area contributed by atoms with E-state index in [0.717, 1.165) is 5.69 Å². The average Bonchev–Trinajstić information content (AvgIpc) is 2.99. The van der Waals surface area contributed by atoms with E-state index in [0.29, 0.717) is 22.0 Å². The third kappa shape index (κ3) is 3.70. The molecule has 0 bridgehead atoms. The second kappa shape index (κ2) is 7.17. The van der Waals surface area contributed by atoms with Crippen LogP contribution in [-0.2, 0) is 4.79 Å². The lowest BCUT2D eigenvalue weighted by atomic mass is 10.3. The highest BCUT2D eigenvalue weighted by Gasteiger charge is 2.18. The largest absolute Gasteiger partial charge is 0.480 e. The Balaban J connectivity index is 2.08. The van der Waals surface area contributed by atoms with Crippen molar-refractivity contribution >= 4 is 46.2 Å². The van der Waals surface area contributed by atoms with Crippen LogP contribution in [0.4, 0.5) is 17.5 Å². The van der Waals surface area contributed by atoms with Gasteiger partial charge in [-0.15, -0.1) is 0 Å². The summed E-state index contributed by atoms with van der Waals surface area (Å²) < 4.78 is 1.90. The van der Waals surface area contributed by atoms with E-state index in [2.05, 4.69) is 25.6 Å². The molecule has 1 aromatic carbocycles. The summed E-state index contributed by atoms with van der Waals surface area (Å²) >= 11 is 6.04. The van der Waals surface area contributed by atoms with Crippen LogP contribution in [-0.4, -0.2) is 36.6 Å². The molecule has 0 aliphatic rings. The van der Waals surface area contributed by atoms with E-state index in [1.165, 1.54) is 6.92 Å². The van der Waals surface area contributed by atoms with E-state index in [9.17, 15) is 4.79 Å². The number of imidazole rings is 1. The van der Waals surface area contributed by atoms with Gasteiger partial charge in [0.15, 0.2) is 17.0 Å². The number of carboxylic acid groups (broad SMARTS) is 1. The second-order valence-corrected chi connectivity index (χ2v) is 6.59.